The molecule has 0 aromatic carbocycles. The van der Waals surface area contributed by atoms with E-state index in [1.807, 2.05) is 0 Å². The normalized spacial score (nSPS) is 28.3. The van der Waals surface area contributed by atoms with Crippen LogP contribution in [0.2, 0.25) is 0 Å². The van der Waals surface area contributed by atoms with Crippen molar-refractivity contribution in [3.8, 4) is 0 Å². The molecule has 0 bridgehead atoms. The Balaban J connectivity index is 1.67. The van der Waals surface area contributed by atoms with E-state index in [1.54, 1.807) is 0 Å². The van der Waals surface area contributed by atoms with Gasteiger partial charge in [0.05, 0.1) is 6.54 Å². The third-order valence-corrected chi connectivity index (χ3v) is 2.35. The number of hydrogen-bond acceptors (Lipinski definition) is 4. The molecule has 12 heavy (non-hydrogen) atoms. The summed E-state index contributed by atoms with van der Waals surface area (Å²) in [4.78, 5) is 4.26. The second kappa shape index (κ2) is 3.76. The van der Waals surface area contributed by atoms with Gasteiger partial charge in [0.2, 0.25) is 0 Å². The molecule has 1 atom stereocenters. The van der Waals surface area contributed by atoms with Gasteiger partial charge < -0.3 is 16.0 Å². The number of nitrogens with one attached hydrogen (secondary N) is 3. The van der Waals surface area contributed by atoms with E-state index in [9.17, 15) is 0 Å². The topological polar surface area (TPSA) is 48.5 Å². The van der Waals surface area contributed by atoms with Gasteiger partial charge in [-0.2, -0.15) is 0 Å². The van der Waals surface area contributed by atoms with E-state index >= 15 is 0 Å². The molecule has 4 nitrogen and oxygen atoms in total. The van der Waals surface area contributed by atoms with Crippen molar-refractivity contribution in [2.45, 2.75) is 18.9 Å². The van der Waals surface area contributed by atoms with Crippen LogP contribution in [0.25, 0.3) is 0 Å². The van der Waals surface area contributed by atoms with E-state index in [-0.39, 0.29) is 0 Å². The van der Waals surface area contributed by atoms with Gasteiger partial charge in [-0.1, -0.05) is 0 Å². The van der Waals surface area contributed by atoms with Gasteiger partial charge in [-0.3, -0.25) is 4.99 Å². The van der Waals surface area contributed by atoms with Crippen LogP contribution in [0.15, 0.2) is 4.99 Å². The minimum atomic E-state index is 0.648. The quantitative estimate of drug-likeness (QED) is 0.510. The van der Waals surface area contributed by atoms with Crippen molar-refractivity contribution in [2.75, 3.05) is 26.2 Å². The Kier molecular flexibility index (Phi) is 2.46. The van der Waals surface area contributed by atoms with Gasteiger partial charge in [-0.05, 0) is 19.4 Å². The molecule has 0 aromatic rings. The zero-order valence-electron chi connectivity index (χ0n) is 7.27. The van der Waals surface area contributed by atoms with Gasteiger partial charge in [0.1, 0.15) is 0 Å². The summed E-state index contributed by atoms with van der Waals surface area (Å²) in [6.45, 7) is 4.08. The summed E-state index contributed by atoms with van der Waals surface area (Å²) in [6.07, 6.45) is 2.60. The molecule has 68 valence electrons. The molecule has 2 aliphatic heterocycles. The fourth-order valence-electron chi connectivity index (χ4n) is 1.67. The fraction of sp³-hybridized carbons (Fsp3) is 0.875. The van der Waals surface area contributed by atoms with Crippen LogP contribution in [0.1, 0.15) is 12.8 Å². The standard InChI is InChI=1S/C8H16N4/c1-2-7(9-3-1)6-12-8-10-4-5-11-8/h7,9H,1-6H2,(H2,10,11,12). The van der Waals surface area contributed by atoms with E-state index in [0.29, 0.717) is 6.04 Å². The Bertz CT molecular complexity index is 172. The Hall–Kier alpha value is -0.770. The summed E-state index contributed by atoms with van der Waals surface area (Å²) < 4.78 is 0. The first-order valence-corrected chi connectivity index (χ1v) is 4.71. The lowest BCUT2D eigenvalue weighted by Crippen LogP contribution is -2.41. The van der Waals surface area contributed by atoms with Gasteiger partial charge in [0, 0.05) is 19.1 Å². The van der Waals surface area contributed by atoms with Crippen molar-refractivity contribution in [2.24, 2.45) is 4.99 Å². The van der Waals surface area contributed by atoms with E-state index in [1.165, 1.54) is 19.4 Å². The highest BCUT2D eigenvalue weighted by atomic mass is 15.2. The first-order valence-electron chi connectivity index (χ1n) is 4.71. The second-order valence-electron chi connectivity index (χ2n) is 3.33. The molecule has 3 N–H and O–H groups in total. The molecule has 1 fully saturated rings. The average Bonchev–Trinajstić information content (AvgIpc) is 2.74. The summed E-state index contributed by atoms with van der Waals surface area (Å²) in [7, 11) is 0. The number of guanidine groups is 1. The fourth-order valence-corrected chi connectivity index (χ4v) is 1.67. The van der Waals surface area contributed by atoms with Crippen LogP contribution in [-0.2, 0) is 0 Å². The summed E-state index contributed by atoms with van der Waals surface area (Å²) in [5, 5.41) is 9.93. The molecular formula is C8H16N4. The van der Waals surface area contributed by atoms with Crippen molar-refractivity contribution >= 4 is 5.96 Å². The summed E-state index contributed by atoms with van der Waals surface area (Å²) in [5.74, 6) is 0.976. The third kappa shape index (κ3) is 1.88. The van der Waals surface area contributed by atoms with Crippen LogP contribution in [0.5, 0.6) is 0 Å². The Labute approximate surface area is 72.8 Å². The number of hydrogen-bond donors (Lipinski definition) is 3. The number of aliphatic imine (C=N–C) groups is 1. The van der Waals surface area contributed by atoms with Gasteiger partial charge in [-0.25, -0.2) is 0 Å². The second-order valence-corrected chi connectivity index (χ2v) is 3.33. The summed E-state index contributed by atoms with van der Waals surface area (Å²) in [6, 6.07) is 0.648. The van der Waals surface area contributed by atoms with Crippen LogP contribution < -0.4 is 16.0 Å². The third-order valence-electron chi connectivity index (χ3n) is 2.35. The molecule has 0 spiro atoms. The summed E-state index contributed by atoms with van der Waals surface area (Å²) in [5.41, 5.74) is 0. The molecule has 1 saturated heterocycles. The van der Waals surface area contributed by atoms with Crippen molar-refractivity contribution in [3.05, 3.63) is 0 Å². The van der Waals surface area contributed by atoms with Gasteiger partial charge in [-0.15, -0.1) is 0 Å². The maximum atomic E-state index is 4.26. The van der Waals surface area contributed by atoms with Crippen LogP contribution in [0, 0.1) is 0 Å². The van der Waals surface area contributed by atoms with Crippen molar-refractivity contribution < 1.29 is 0 Å². The van der Waals surface area contributed by atoms with E-state index < -0.39 is 0 Å². The lowest BCUT2D eigenvalue weighted by Gasteiger charge is -2.12. The highest BCUT2D eigenvalue weighted by molar-refractivity contribution is 5.81. The van der Waals surface area contributed by atoms with E-state index in [2.05, 4.69) is 20.9 Å². The van der Waals surface area contributed by atoms with E-state index in [0.717, 1.165) is 25.6 Å². The Morgan fingerprint density at radius 1 is 1.50 bits per heavy atom. The molecule has 0 aromatic heterocycles. The van der Waals surface area contributed by atoms with Crippen LogP contribution >= 0.6 is 0 Å². The first-order chi connectivity index (χ1) is 5.95. The van der Waals surface area contributed by atoms with Gasteiger partial charge in [0.15, 0.2) is 5.96 Å². The smallest absolute Gasteiger partial charge is 0.191 e. The molecule has 0 saturated carbocycles. The first kappa shape index (κ1) is 7.86. The predicted molar refractivity (Wildman–Crippen MR) is 49.3 cm³/mol. The molecular weight excluding hydrogens is 152 g/mol. The predicted octanol–water partition coefficient (Wildman–Crippen LogP) is -0.713. The lowest BCUT2D eigenvalue weighted by atomic mass is 10.2. The van der Waals surface area contributed by atoms with Crippen molar-refractivity contribution in [1.29, 1.82) is 0 Å². The van der Waals surface area contributed by atoms with Crippen LogP contribution in [0.4, 0.5) is 0 Å². The Morgan fingerprint density at radius 2 is 2.50 bits per heavy atom. The van der Waals surface area contributed by atoms with Gasteiger partial charge >= 0.3 is 0 Å². The molecule has 4 heteroatoms. The maximum absolute atomic E-state index is 4.26. The van der Waals surface area contributed by atoms with Crippen molar-refractivity contribution in [3.63, 3.8) is 0 Å². The molecule has 1 unspecified atom stereocenters. The highest BCUT2D eigenvalue weighted by Gasteiger charge is 2.14. The Morgan fingerprint density at radius 3 is 3.17 bits per heavy atom. The molecule has 2 heterocycles. The molecule has 0 aliphatic carbocycles. The lowest BCUT2D eigenvalue weighted by molar-refractivity contribution is 0.586. The zero-order valence-corrected chi connectivity index (χ0v) is 7.27. The molecule has 2 rings (SSSR count). The molecule has 0 amide bonds. The highest BCUT2D eigenvalue weighted by Crippen LogP contribution is 2.02. The number of nitrogens with zero attached hydrogens (tertiary/aromatic N) is 1. The minimum Gasteiger partial charge on any atom is -0.355 e. The van der Waals surface area contributed by atoms with E-state index in [4.69, 9.17) is 0 Å². The van der Waals surface area contributed by atoms with Crippen LogP contribution in [0.3, 0.4) is 0 Å². The van der Waals surface area contributed by atoms with Crippen LogP contribution in [-0.4, -0.2) is 38.2 Å². The molecule has 2 aliphatic rings. The largest absolute Gasteiger partial charge is 0.355 e. The van der Waals surface area contributed by atoms with Crippen molar-refractivity contribution in [1.82, 2.24) is 16.0 Å². The number of rotatable bonds is 2. The molecule has 0 radical (unpaired) electrons. The van der Waals surface area contributed by atoms with Gasteiger partial charge in [0.25, 0.3) is 0 Å². The summed E-state index contributed by atoms with van der Waals surface area (Å²) >= 11 is 0. The average molecular weight is 168 g/mol. The minimum absolute atomic E-state index is 0.648. The SMILES string of the molecule is C1CNC(CNC2=NCCN2)C1. The maximum Gasteiger partial charge on any atom is 0.191 e. The zero-order chi connectivity index (χ0) is 8.23. The monoisotopic (exact) mass is 168 g/mol.